The first kappa shape index (κ1) is 24.3. The van der Waals surface area contributed by atoms with Gasteiger partial charge in [0.15, 0.2) is 5.92 Å². The van der Waals surface area contributed by atoms with Gasteiger partial charge in [0.1, 0.15) is 13.2 Å². The third-order valence-corrected chi connectivity index (χ3v) is 8.15. The quantitative estimate of drug-likeness (QED) is 0.267. The fourth-order valence-electron chi connectivity index (χ4n) is 6.37. The summed E-state index contributed by atoms with van der Waals surface area (Å²) >= 11 is 0. The van der Waals surface area contributed by atoms with Gasteiger partial charge in [0.2, 0.25) is 0 Å². The molecule has 3 aromatic rings. The van der Waals surface area contributed by atoms with Crippen molar-refractivity contribution in [3.05, 3.63) is 107 Å². The minimum atomic E-state index is -0.885. The van der Waals surface area contributed by atoms with Gasteiger partial charge in [-0.3, -0.25) is 9.59 Å². The van der Waals surface area contributed by atoms with E-state index in [9.17, 15) is 9.59 Å². The van der Waals surface area contributed by atoms with Crippen molar-refractivity contribution in [2.24, 2.45) is 23.7 Å². The van der Waals surface area contributed by atoms with Crippen LogP contribution in [0, 0.1) is 30.6 Å². The van der Waals surface area contributed by atoms with Crippen LogP contribution >= 0.6 is 0 Å². The normalized spacial score (nSPS) is 22.8. The van der Waals surface area contributed by atoms with Crippen molar-refractivity contribution < 1.29 is 19.1 Å². The fraction of sp³-hybridized carbons (Fsp3) is 0.375. The summed E-state index contributed by atoms with van der Waals surface area (Å²) in [4.78, 5) is 26.8. The van der Waals surface area contributed by atoms with E-state index in [1.54, 1.807) is 0 Å². The van der Waals surface area contributed by atoms with Gasteiger partial charge in [-0.1, -0.05) is 90.5 Å². The molecule has 0 unspecified atom stereocenters. The SMILES string of the molecule is Cc1ccc([C@H]2CC[C@H]3[C@@H]2CC[C@H]3C(C(=O)OCc2ccccc2)C(=O)OCc2ccccc2)cc1. The lowest BCUT2D eigenvalue weighted by molar-refractivity contribution is -0.167. The molecule has 0 heterocycles. The minimum absolute atomic E-state index is 0.0444. The molecular weight excluding hydrogens is 448 g/mol. The van der Waals surface area contributed by atoms with Gasteiger partial charge in [-0.05, 0) is 73.0 Å². The molecule has 2 saturated carbocycles. The zero-order chi connectivity index (χ0) is 24.9. The molecule has 0 bridgehead atoms. The molecule has 0 spiro atoms. The molecule has 0 aromatic heterocycles. The van der Waals surface area contributed by atoms with E-state index < -0.39 is 17.9 Å². The maximum absolute atomic E-state index is 13.4. The monoisotopic (exact) mass is 482 g/mol. The second kappa shape index (κ2) is 11.1. The molecule has 2 aliphatic carbocycles. The maximum atomic E-state index is 13.4. The van der Waals surface area contributed by atoms with Crippen LogP contribution in [0.25, 0.3) is 0 Å². The van der Waals surface area contributed by atoms with Gasteiger partial charge in [0.25, 0.3) is 0 Å². The van der Waals surface area contributed by atoms with E-state index in [1.807, 2.05) is 60.7 Å². The Hall–Kier alpha value is -3.40. The van der Waals surface area contributed by atoms with E-state index in [1.165, 1.54) is 11.1 Å². The zero-order valence-electron chi connectivity index (χ0n) is 20.8. The Morgan fingerprint density at radius 1 is 0.694 bits per heavy atom. The highest BCUT2D eigenvalue weighted by molar-refractivity contribution is 5.95. The molecule has 2 aliphatic rings. The second-order valence-electron chi connectivity index (χ2n) is 10.3. The van der Waals surface area contributed by atoms with E-state index in [4.69, 9.17) is 9.47 Å². The molecule has 5 rings (SSSR count). The van der Waals surface area contributed by atoms with Crippen LogP contribution < -0.4 is 0 Å². The van der Waals surface area contributed by atoms with Crippen LogP contribution in [-0.2, 0) is 32.3 Å². The summed E-state index contributed by atoms with van der Waals surface area (Å²) in [5, 5.41) is 0. The summed E-state index contributed by atoms with van der Waals surface area (Å²) in [6, 6.07) is 28.1. The summed E-state index contributed by atoms with van der Waals surface area (Å²) in [5.41, 5.74) is 4.46. The van der Waals surface area contributed by atoms with Crippen molar-refractivity contribution in [1.82, 2.24) is 0 Å². The smallest absolute Gasteiger partial charge is 0.320 e. The number of benzene rings is 3. The Labute approximate surface area is 213 Å². The predicted octanol–water partition coefficient (Wildman–Crippen LogP) is 6.62. The van der Waals surface area contributed by atoms with Crippen LogP contribution in [-0.4, -0.2) is 11.9 Å². The van der Waals surface area contributed by atoms with Gasteiger partial charge in [-0.15, -0.1) is 0 Å². The largest absolute Gasteiger partial charge is 0.460 e. The van der Waals surface area contributed by atoms with Crippen molar-refractivity contribution in [2.45, 2.75) is 51.7 Å². The van der Waals surface area contributed by atoms with Gasteiger partial charge in [-0.2, -0.15) is 0 Å². The molecule has 4 nitrogen and oxygen atoms in total. The van der Waals surface area contributed by atoms with Gasteiger partial charge >= 0.3 is 11.9 Å². The van der Waals surface area contributed by atoms with Crippen LogP contribution in [0.15, 0.2) is 84.9 Å². The summed E-state index contributed by atoms with van der Waals surface area (Å²) in [6.45, 7) is 2.43. The molecular formula is C32H34O4. The Morgan fingerprint density at radius 2 is 1.22 bits per heavy atom. The number of hydrogen-bond donors (Lipinski definition) is 0. The van der Waals surface area contributed by atoms with Crippen LogP contribution in [0.2, 0.25) is 0 Å². The third kappa shape index (κ3) is 5.38. The summed E-state index contributed by atoms with van der Waals surface area (Å²) in [6.07, 6.45) is 4.01. The second-order valence-corrected chi connectivity index (χ2v) is 10.3. The lowest BCUT2D eigenvalue weighted by Crippen LogP contribution is -2.36. The zero-order valence-corrected chi connectivity index (χ0v) is 20.8. The number of esters is 2. The van der Waals surface area contributed by atoms with Gasteiger partial charge in [0, 0.05) is 0 Å². The van der Waals surface area contributed by atoms with E-state index in [2.05, 4.69) is 31.2 Å². The van der Waals surface area contributed by atoms with Crippen LogP contribution in [0.5, 0.6) is 0 Å². The Kier molecular flexibility index (Phi) is 7.50. The highest BCUT2D eigenvalue weighted by atomic mass is 16.6. The number of carbonyl (C=O) groups excluding carboxylic acids is 2. The Morgan fingerprint density at radius 3 is 1.78 bits per heavy atom. The molecule has 0 radical (unpaired) electrons. The summed E-state index contributed by atoms with van der Waals surface area (Å²) in [5.74, 6) is -0.537. The van der Waals surface area contributed by atoms with Gasteiger partial charge in [-0.25, -0.2) is 0 Å². The van der Waals surface area contributed by atoms with Crippen molar-refractivity contribution in [3.63, 3.8) is 0 Å². The van der Waals surface area contributed by atoms with Crippen molar-refractivity contribution in [3.8, 4) is 0 Å². The molecule has 0 amide bonds. The number of hydrogen-bond acceptors (Lipinski definition) is 4. The van der Waals surface area contributed by atoms with E-state index in [0.29, 0.717) is 17.8 Å². The van der Waals surface area contributed by atoms with Crippen molar-refractivity contribution in [2.75, 3.05) is 0 Å². The lowest BCUT2D eigenvalue weighted by Gasteiger charge is -2.26. The molecule has 0 aliphatic heterocycles. The third-order valence-electron chi connectivity index (χ3n) is 8.15. The van der Waals surface area contributed by atoms with Crippen molar-refractivity contribution >= 4 is 11.9 Å². The number of rotatable bonds is 8. The molecule has 2 fully saturated rings. The Balaban J connectivity index is 1.32. The molecule has 4 atom stereocenters. The molecule has 3 aromatic carbocycles. The minimum Gasteiger partial charge on any atom is -0.460 e. The standard InChI is InChI=1S/C32H34O4/c1-22-12-14-25(15-13-22)26-16-17-28-27(26)18-19-29(28)30(31(33)35-20-23-8-4-2-5-9-23)32(34)36-21-24-10-6-3-7-11-24/h2-15,26-30H,16-21H2,1H3/t26-,27-,28+,29-/m1/s1. The summed E-state index contributed by atoms with van der Waals surface area (Å²) < 4.78 is 11.4. The Bertz CT molecular complexity index is 1100. The topological polar surface area (TPSA) is 52.6 Å². The van der Waals surface area contributed by atoms with Crippen molar-refractivity contribution in [1.29, 1.82) is 0 Å². The number of ether oxygens (including phenoxy) is 2. The molecule has 36 heavy (non-hydrogen) atoms. The molecule has 186 valence electrons. The van der Waals surface area contributed by atoms with Gasteiger partial charge in [0.05, 0.1) is 0 Å². The molecule has 0 saturated heterocycles. The summed E-state index contributed by atoms with van der Waals surface area (Å²) in [7, 11) is 0. The van der Waals surface area contributed by atoms with E-state index in [-0.39, 0.29) is 19.1 Å². The average molecular weight is 483 g/mol. The first-order valence-corrected chi connectivity index (χ1v) is 13.1. The lowest BCUT2D eigenvalue weighted by atomic mass is 9.80. The number of fused-ring (bicyclic) bond motifs is 1. The predicted molar refractivity (Wildman–Crippen MR) is 139 cm³/mol. The molecule has 4 heteroatoms. The van der Waals surface area contributed by atoms with Crippen LogP contribution in [0.1, 0.15) is 53.9 Å². The first-order chi connectivity index (χ1) is 17.6. The fourth-order valence-corrected chi connectivity index (χ4v) is 6.37. The highest BCUT2D eigenvalue weighted by Crippen LogP contribution is 2.56. The number of aryl methyl sites for hydroxylation is 1. The van der Waals surface area contributed by atoms with Gasteiger partial charge < -0.3 is 9.47 Å². The maximum Gasteiger partial charge on any atom is 0.320 e. The average Bonchev–Trinajstić information content (AvgIpc) is 3.51. The van der Waals surface area contributed by atoms with E-state index in [0.717, 1.165) is 36.8 Å². The highest BCUT2D eigenvalue weighted by Gasteiger charge is 2.52. The van der Waals surface area contributed by atoms with E-state index >= 15 is 0 Å². The first-order valence-electron chi connectivity index (χ1n) is 13.1. The number of carbonyl (C=O) groups is 2. The van der Waals surface area contributed by atoms with Crippen LogP contribution in [0.4, 0.5) is 0 Å². The van der Waals surface area contributed by atoms with Crippen LogP contribution in [0.3, 0.4) is 0 Å². The molecule has 0 N–H and O–H groups in total.